The van der Waals surface area contributed by atoms with Gasteiger partial charge in [-0.2, -0.15) is 0 Å². The van der Waals surface area contributed by atoms with Gasteiger partial charge in [-0.15, -0.1) is 0 Å². The summed E-state index contributed by atoms with van der Waals surface area (Å²) in [5, 5.41) is 6.72. The number of rotatable bonds is 1. The molecule has 0 radical (unpaired) electrons. The molecule has 0 amide bonds. The highest BCUT2D eigenvalue weighted by Gasteiger charge is 2.27. The lowest BCUT2D eigenvalue weighted by Crippen LogP contribution is -2.44. The third-order valence-corrected chi connectivity index (χ3v) is 3.77. The topological polar surface area (TPSA) is 24.1 Å². The van der Waals surface area contributed by atoms with Gasteiger partial charge in [0.05, 0.1) is 20.5 Å². The van der Waals surface area contributed by atoms with Gasteiger partial charge in [0.1, 0.15) is 5.82 Å². The first-order valence-corrected chi connectivity index (χ1v) is 6.13. The van der Waals surface area contributed by atoms with Gasteiger partial charge in [-0.05, 0) is 42.0 Å². The Morgan fingerprint density at radius 1 is 1.47 bits per heavy atom. The van der Waals surface area contributed by atoms with E-state index in [-0.39, 0.29) is 11.4 Å². The maximum absolute atomic E-state index is 13.4. The molecule has 1 aromatic rings. The zero-order valence-electron chi connectivity index (χ0n) is 8.82. The van der Waals surface area contributed by atoms with Crippen LogP contribution in [0.5, 0.6) is 0 Å². The highest BCUT2D eigenvalue weighted by atomic mass is 127. The van der Waals surface area contributed by atoms with Crippen LogP contribution in [0.3, 0.4) is 0 Å². The Morgan fingerprint density at radius 3 is 2.87 bits per heavy atom. The van der Waals surface area contributed by atoms with E-state index in [1.54, 1.807) is 6.07 Å². The molecule has 2 N–H and O–H groups in total. The van der Waals surface area contributed by atoms with Crippen LogP contribution in [0.4, 0.5) is 15.8 Å². The Balaban J connectivity index is 2.38. The molecule has 0 saturated carbocycles. The summed E-state index contributed by atoms with van der Waals surface area (Å²) in [7, 11) is 0. The zero-order chi connectivity index (χ0) is 11.1. The van der Waals surface area contributed by atoms with Crippen LogP contribution in [0.2, 0.25) is 0 Å². The van der Waals surface area contributed by atoms with Crippen molar-refractivity contribution >= 4 is 34.0 Å². The predicted molar refractivity (Wildman–Crippen MR) is 69.9 cm³/mol. The summed E-state index contributed by atoms with van der Waals surface area (Å²) in [6.45, 7) is 5.14. The molecule has 1 aliphatic rings. The SMILES string of the molecule is CCC1(C)CNc2cc(I)c(F)cc2N1. The molecule has 0 spiro atoms. The summed E-state index contributed by atoms with van der Waals surface area (Å²) >= 11 is 2.01. The minimum atomic E-state index is -0.163. The van der Waals surface area contributed by atoms with Gasteiger partial charge in [-0.25, -0.2) is 4.39 Å². The molecule has 1 unspecified atom stereocenters. The molecule has 4 heteroatoms. The summed E-state index contributed by atoms with van der Waals surface area (Å²) < 4.78 is 14.0. The molecule has 0 bridgehead atoms. The van der Waals surface area contributed by atoms with Gasteiger partial charge in [0, 0.05) is 12.6 Å². The van der Waals surface area contributed by atoms with E-state index in [4.69, 9.17) is 0 Å². The molecule has 82 valence electrons. The summed E-state index contributed by atoms with van der Waals surface area (Å²) in [4.78, 5) is 0. The molecule has 1 heterocycles. The first-order valence-electron chi connectivity index (χ1n) is 5.05. The van der Waals surface area contributed by atoms with E-state index in [1.807, 2.05) is 28.7 Å². The van der Waals surface area contributed by atoms with Crippen LogP contribution >= 0.6 is 22.6 Å². The summed E-state index contributed by atoms with van der Waals surface area (Å²) in [5.74, 6) is -0.163. The van der Waals surface area contributed by atoms with Crippen molar-refractivity contribution in [1.29, 1.82) is 0 Å². The average Bonchev–Trinajstić information content (AvgIpc) is 2.21. The summed E-state index contributed by atoms with van der Waals surface area (Å²) in [5.41, 5.74) is 1.88. The second-order valence-corrected chi connectivity index (χ2v) is 5.37. The minimum absolute atomic E-state index is 0.0201. The minimum Gasteiger partial charge on any atom is -0.381 e. The predicted octanol–water partition coefficient (Wildman–Crippen LogP) is 3.44. The van der Waals surface area contributed by atoms with Gasteiger partial charge >= 0.3 is 0 Å². The third-order valence-electron chi connectivity index (χ3n) is 2.95. The van der Waals surface area contributed by atoms with E-state index in [0.717, 1.165) is 24.3 Å². The lowest BCUT2D eigenvalue weighted by atomic mass is 9.95. The van der Waals surface area contributed by atoms with Crippen LogP contribution in [-0.2, 0) is 0 Å². The molecule has 1 aliphatic heterocycles. The molecule has 1 aromatic carbocycles. The smallest absolute Gasteiger partial charge is 0.138 e. The Bertz CT molecular complexity index is 394. The Morgan fingerprint density at radius 2 is 2.20 bits per heavy atom. The van der Waals surface area contributed by atoms with Crippen molar-refractivity contribution in [2.24, 2.45) is 0 Å². The van der Waals surface area contributed by atoms with Gasteiger partial charge in [0.25, 0.3) is 0 Å². The normalized spacial score (nSPS) is 24.0. The van der Waals surface area contributed by atoms with Gasteiger partial charge in [0.2, 0.25) is 0 Å². The molecule has 2 nitrogen and oxygen atoms in total. The molecular weight excluding hydrogens is 306 g/mol. The van der Waals surface area contributed by atoms with Crippen LogP contribution in [0.15, 0.2) is 12.1 Å². The number of hydrogen-bond acceptors (Lipinski definition) is 2. The number of benzene rings is 1. The first-order chi connectivity index (χ1) is 7.04. The Kier molecular flexibility index (Phi) is 2.79. The van der Waals surface area contributed by atoms with E-state index in [2.05, 4.69) is 24.5 Å². The molecule has 0 aliphatic carbocycles. The number of nitrogens with one attached hydrogen (secondary N) is 2. The molecule has 2 rings (SSSR count). The van der Waals surface area contributed by atoms with Crippen molar-refractivity contribution in [3.05, 3.63) is 21.5 Å². The van der Waals surface area contributed by atoms with Gasteiger partial charge in [0.15, 0.2) is 0 Å². The quantitative estimate of drug-likeness (QED) is 0.775. The molecule has 0 saturated heterocycles. The fourth-order valence-corrected chi connectivity index (χ4v) is 2.14. The van der Waals surface area contributed by atoms with Crippen LogP contribution in [0.1, 0.15) is 20.3 Å². The van der Waals surface area contributed by atoms with Crippen molar-refractivity contribution in [1.82, 2.24) is 0 Å². The number of anilines is 2. The number of hydrogen-bond donors (Lipinski definition) is 2. The van der Waals surface area contributed by atoms with Crippen molar-refractivity contribution in [3.63, 3.8) is 0 Å². The second kappa shape index (κ2) is 3.81. The first kappa shape index (κ1) is 11.0. The van der Waals surface area contributed by atoms with Crippen molar-refractivity contribution in [2.75, 3.05) is 17.2 Å². The van der Waals surface area contributed by atoms with Crippen molar-refractivity contribution < 1.29 is 4.39 Å². The lowest BCUT2D eigenvalue weighted by Gasteiger charge is -2.37. The summed E-state index contributed by atoms with van der Waals surface area (Å²) in [6.07, 6.45) is 1.01. The van der Waals surface area contributed by atoms with E-state index < -0.39 is 0 Å². The maximum Gasteiger partial charge on any atom is 0.138 e. The van der Waals surface area contributed by atoms with E-state index in [9.17, 15) is 4.39 Å². The monoisotopic (exact) mass is 320 g/mol. The van der Waals surface area contributed by atoms with Gasteiger partial charge < -0.3 is 10.6 Å². The lowest BCUT2D eigenvalue weighted by molar-refractivity contribution is 0.512. The highest BCUT2D eigenvalue weighted by Crippen LogP contribution is 2.33. The van der Waals surface area contributed by atoms with Crippen molar-refractivity contribution in [2.45, 2.75) is 25.8 Å². The molecule has 0 fully saturated rings. The Labute approximate surface area is 103 Å². The van der Waals surface area contributed by atoms with E-state index in [0.29, 0.717) is 3.57 Å². The highest BCUT2D eigenvalue weighted by molar-refractivity contribution is 14.1. The van der Waals surface area contributed by atoms with Crippen LogP contribution < -0.4 is 10.6 Å². The van der Waals surface area contributed by atoms with E-state index in [1.165, 1.54) is 0 Å². The average molecular weight is 320 g/mol. The third kappa shape index (κ3) is 2.04. The van der Waals surface area contributed by atoms with Crippen LogP contribution in [-0.4, -0.2) is 12.1 Å². The summed E-state index contributed by atoms with van der Waals surface area (Å²) in [6, 6.07) is 3.41. The zero-order valence-corrected chi connectivity index (χ0v) is 11.0. The maximum atomic E-state index is 13.4. The fraction of sp³-hybridized carbons (Fsp3) is 0.455. The Hall–Kier alpha value is -0.520. The molecule has 15 heavy (non-hydrogen) atoms. The van der Waals surface area contributed by atoms with E-state index >= 15 is 0 Å². The van der Waals surface area contributed by atoms with Crippen LogP contribution in [0, 0.1) is 9.39 Å². The molecule has 0 aromatic heterocycles. The molecule has 1 atom stereocenters. The fourth-order valence-electron chi connectivity index (χ4n) is 1.67. The van der Waals surface area contributed by atoms with Gasteiger partial charge in [-0.1, -0.05) is 6.92 Å². The van der Waals surface area contributed by atoms with Crippen LogP contribution in [0.25, 0.3) is 0 Å². The second-order valence-electron chi connectivity index (χ2n) is 4.20. The molecular formula is C11H14FIN2. The number of fused-ring (bicyclic) bond motifs is 1. The largest absolute Gasteiger partial charge is 0.381 e. The number of halogens is 2. The van der Waals surface area contributed by atoms with Gasteiger partial charge in [-0.3, -0.25) is 0 Å². The van der Waals surface area contributed by atoms with Crippen molar-refractivity contribution in [3.8, 4) is 0 Å². The standard InChI is InChI=1S/C11H14FIN2/c1-3-11(2)6-14-9-5-8(13)7(12)4-10(9)15-11/h4-5,14-15H,3,6H2,1-2H3.